The number of carbonyl (C=O) groups is 5. The first-order valence-corrected chi connectivity index (χ1v) is 14.2. The van der Waals surface area contributed by atoms with Crippen LogP contribution in [0.5, 0.6) is 11.5 Å². The van der Waals surface area contributed by atoms with E-state index in [2.05, 4.69) is 15.3 Å². The fraction of sp³-hybridized carbons (Fsp3) is 0.414. The van der Waals surface area contributed by atoms with Crippen LogP contribution in [0.1, 0.15) is 38.7 Å². The molecule has 3 rings (SSSR count). The second-order valence-corrected chi connectivity index (χ2v) is 9.91. The number of esters is 3. The number of methoxy groups -OCH3 is 1. The Balaban J connectivity index is 1.81. The summed E-state index contributed by atoms with van der Waals surface area (Å²) in [5.74, 6) is -2.90. The van der Waals surface area contributed by atoms with Crippen molar-refractivity contribution in [1.29, 1.82) is 0 Å². The van der Waals surface area contributed by atoms with E-state index >= 15 is 0 Å². The Kier molecular flexibility index (Phi) is 13.4. The van der Waals surface area contributed by atoms with Crippen LogP contribution in [0.25, 0.3) is 10.4 Å². The minimum Gasteiger partial charge on any atom is -0.467 e. The maximum Gasteiger partial charge on any atom is 0.514 e. The highest BCUT2D eigenvalue weighted by Crippen LogP contribution is 2.33. The number of ether oxygens (including phenoxy) is 7. The molecule has 0 radical (unpaired) electrons. The van der Waals surface area contributed by atoms with Gasteiger partial charge in [-0.3, -0.25) is 24.5 Å². The van der Waals surface area contributed by atoms with Crippen LogP contribution in [0.15, 0.2) is 47.6 Å². The third kappa shape index (κ3) is 11.1. The Morgan fingerprint density at radius 2 is 1.79 bits per heavy atom. The lowest BCUT2D eigenvalue weighted by atomic mass is 10.0. The molecule has 1 heterocycles. The monoisotopic (exact) mass is 673 g/mol. The highest BCUT2D eigenvalue weighted by atomic mass is 16.7. The second kappa shape index (κ2) is 17.7. The largest absolute Gasteiger partial charge is 0.514 e. The molecule has 1 saturated heterocycles. The lowest BCUT2D eigenvalue weighted by molar-refractivity contribution is -0.384. The molecule has 19 heteroatoms. The van der Waals surface area contributed by atoms with Crippen molar-refractivity contribution in [2.24, 2.45) is 5.11 Å². The third-order valence-electron chi connectivity index (χ3n) is 6.35. The van der Waals surface area contributed by atoms with Crippen LogP contribution in [0, 0.1) is 10.1 Å². The van der Waals surface area contributed by atoms with Crippen LogP contribution in [0.3, 0.4) is 0 Å². The molecule has 1 aliphatic heterocycles. The first-order valence-electron chi connectivity index (χ1n) is 14.2. The molecule has 1 fully saturated rings. The number of hydrogen-bond acceptors (Lipinski definition) is 15. The van der Waals surface area contributed by atoms with Gasteiger partial charge in [-0.15, -0.1) is 0 Å². The van der Waals surface area contributed by atoms with Crippen molar-refractivity contribution in [2.45, 2.75) is 64.3 Å². The minimum absolute atomic E-state index is 0.00349. The summed E-state index contributed by atoms with van der Waals surface area (Å²) in [7, 11) is 1.08. The number of hydrogen-bond donors (Lipinski definition) is 1. The first kappa shape index (κ1) is 36.5. The van der Waals surface area contributed by atoms with Gasteiger partial charge in [0.25, 0.3) is 5.69 Å². The number of rotatable bonds is 14. The van der Waals surface area contributed by atoms with Crippen LogP contribution >= 0.6 is 0 Å². The van der Waals surface area contributed by atoms with Crippen molar-refractivity contribution < 1.29 is 62.1 Å². The van der Waals surface area contributed by atoms with Gasteiger partial charge in [0.1, 0.15) is 24.2 Å². The van der Waals surface area contributed by atoms with Crippen LogP contribution in [-0.4, -0.2) is 73.2 Å². The highest BCUT2D eigenvalue weighted by Gasteiger charge is 2.48. The molecule has 0 spiro atoms. The number of nitrogens with one attached hydrogen (secondary N) is 1. The van der Waals surface area contributed by atoms with E-state index in [1.165, 1.54) is 30.3 Å². The molecule has 1 N–H and O–H groups in total. The van der Waals surface area contributed by atoms with E-state index in [1.54, 1.807) is 0 Å². The predicted octanol–water partition coefficient (Wildman–Crippen LogP) is 3.87. The summed E-state index contributed by atoms with van der Waals surface area (Å²) in [4.78, 5) is 74.0. The molecule has 4 atom stereocenters. The molecule has 0 bridgehead atoms. The maximum absolute atomic E-state index is 12.7. The van der Waals surface area contributed by atoms with Gasteiger partial charge in [-0.2, -0.15) is 0 Å². The lowest BCUT2D eigenvalue weighted by Crippen LogP contribution is -2.56. The zero-order chi connectivity index (χ0) is 35.2. The van der Waals surface area contributed by atoms with E-state index in [-0.39, 0.29) is 55.3 Å². The molecular weight excluding hydrogens is 642 g/mol. The Morgan fingerprint density at radius 1 is 1.08 bits per heavy atom. The minimum atomic E-state index is -1.55. The van der Waals surface area contributed by atoms with Gasteiger partial charge in [-0.1, -0.05) is 11.2 Å². The summed E-state index contributed by atoms with van der Waals surface area (Å²) >= 11 is 0. The standard InChI is InChI=1S/C29H31N5O14/c1-16(35)44-23-14-25(48-27(28(38)42-3)26(23)45-17(2)36)47-22-11-6-18(13-21(22)32-24(37)5-4-12-31-33-30)15-43-29(39)46-20-9-7-19(8-10-20)34(40)41/h6-11,13,23,25-27H,4-5,12,14-15H2,1-3H3,(H,32,37)/t23-,25-,26+,27+/m1/s1. The zero-order valence-corrected chi connectivity index (χ0v) is 25.9. The smallest absolute Gasteiger partial charge is 0.467 e. The third-order valence-corrected chi connectivity index (χ3v) is 6.35. The number of azide groups is 1. The lowest BCUT2D eigenvalue weighted by Gasteiger charge is -2.39. The van der Waals surface area contributed by atoms with E-state index in [1.807, 2.05) is 0 Å². The number of benzene rings is 2. The maximum atomic E-state index is 12.7. The molecule has 0 aromatic heterocycles. The summed E-state index contributed by atoms with van der Waals surface area (Å²) < 4.78 is 37.2. The number of non-ortho nitro benzene ring substituents is 1. The Morgan fingerprint density at radius 3 is 2.42 bits per heavy atom. The number of nitro groups is 1. The SMILES string of the molecule is COC(=O)[C@H]1O[C@@H](Oc2ccc(COC(=O)Oc3ccc([N+](=O)[O-])cc3)cc2NC(=O)CCCN=[N+]=[N-])C[C@@H](OC(C)=O)[C@@H]1OC(C)=O. The van der Waals surface area contributed by atoms with Crippen molar-refractivity contribution >= 4 is 41.3 Å². The Bertz CT molecular complexity index is 1560. The first-order chi connectivity index (χ1) is 22.9. The second-order valence-electron chi connectivity index (χ2n) is 9.91. The summed E-state index contributed by atoms with van der Waals surface area (Å²) in [5.41, 5.74) is 8.71. The quantitative estimate of drug-likeness (QED) is 0.0344. The van der Waals surface area contributed by atoms with Crippen molar-refractivity contribution in [1.82, 2.24) is 0 Å². The number of carbonyl (C=O) groups excluding carboxylic acids is 5. The van der Waals surface area contributed by atoms with Crippen LogP contribution in [0.4, 0.5) is 16.2 Å². The number of amides is 1. The number of nitro benzene ring substituents is 1. The summed E-state index contributed by atoms with van der Waals surface area (Å²) in [5, 5.41) is 16.9. The van der Waals surface area contributed by atoms with Gasteiger partial charge in [-0.05, 0) is 41.8 Å². The molecule has 0 unspecified atom stereocenters. The van der Waals surface area contributed by atoms with Gasteiger partial charge < -0.3 is 38.5 Å². The summed E-state index contributed by atoms with van der Waals surface area (Å²) in [6.45, 7) is 1.96. The molecule has 2 aromatic carbocycles. The van der Waals surface area contributed by atoms with Crippen molar-refractivity contribution in [2.75, 3.05) is 19.0 Å². The number of anilines is 1. The average molecular weight is 674 g/mol. The van der Waals surface area contributed by atoms with Crippen molar-refractivity contribution in [3.05, 3.63) is 68.6 Å². The molecule has 19 nitrogen and oxygen atoms in total. The zero-order valence-electron chi connectivity index (χ0n) is 25.9. The topological polar surface area (TPSA) is 254 Å². The molecule has 256 valence electrons. The van der Waals surface area contributed by atoms with Crippen LogP contribution < -0.4 is 14.8 Å². The van der Waals surface area contributed by atoms with Crippen LogP contribution in [-0.2, 0) is 49.5 Å². The summed E-state index contributed by atoms with van der Waals surface area (Å²) in [6, 6.07) is 9.06. The van der Waals surface area contributed by atoms with Crippen LogP contribution in [0.2, 0.25) is 0 Å². The molecule has 48 heavy (non-hydrogen) atoms. The predicted molar refractivity (Wildman–Crippen MR) is 159 cm³/mol. The van der Waals surface area contributed by atoms with Gasteiger partial charge in [0.15, 0.2) is 12.2 Å². The van der Waals surface area contributed by atoms with Crippen molar-refractivity contribution in [3.8, 4) is 11.5 Å². The van der Waals surface area contributed by atoms with Gasteiger partial charge in [0.2, 0.25) is 12.2 Å². The molecule has 2 aromatic rings. The van der Waals surface area contributed by atoms with Gasteiger partial charge in [0, 0.05) is 43.9 Å². The fourth-order valence-corrected chi connectivity index (χ4v) is 4.34. The molecule has 0 aliphatic carbocycles. The van der Waals surface area contributed by atoms with Gasteiger partial charge >= 0.3 is 24.1 Å². The molecule has 1 amide bonds. The van der Waals surface area contributed by atoms with Gasteiger partial charge in [0.05, 0.1) is 24.1 Å². The molecule has 1 aliphatic rings. The normalized spacial score (nSPS) is 18.2. The van der Waals surface area contributed by atoms with E-state index in [4.69, 9.17) is 38.7 Å². The number of nitrogens with zero attached hydrogens (tertiary/aromatic N) is 4. The molecule has 0 saturated carbocycles. The van der Waals surface area contributed by atoms with E-state index in [9.17, 15) is 34.1 Å². The molecular formula is C29H31N5O14. The van der Waals surface area contributed by atoms with Crippen molar-refractivity contribution in [3.63, 3.8) is 0 Å². The highest BCUT2D eigenvalue weighted by molar-refractivity contribution is 5.92. The van der Waals surface area contributed by atoms with E-state index in [0.717, 1.165) is 33.1 Å². The van der Waals surface area contributed by atoms with E-state index < -0.39 is 59.5 Å². The van der Waals surface area contributed by atoms with E-state index in [0.29, 0.717) is 5.56 Å². The Labute approximate surface area is 272 Å². The summed E-state index contributed by atoms with van der Waals surface area (Å²) in [6.07, 6.45) is -6.48. The Hall–Kier alpha value is -5.94. The van der Waals surface area contributed by atoms with Gasteiger partial charge in [-0.25, -0.2) is 9.59 Å². The fourth-order valence-electron chi connectivity index (χ4n) is 4.34. The average Bonchev–Trinajstić information content (AvgIpc) is 3.03.